The van der Waals surface area contributed by atoms with Crippen molar-refractivity contribution in [2.45, 2.75) is 42.7 Å². The Kier molecular flexibility index (Phi) is 6.68. The maximum absolute atomic E-state index is 12.7. The molecule has 31 heavy (non-hydrogen) atoms. The van der Waals surface area contributed by atoms with Crippen molar-refractivity contribution in [3.05, 3.63) is 24.3 Å². The number of likely N-dealkylation sites (tertiary alicyclic amines) is 1. The predicted octanol–water partition coefficient (Wildman–Crippen LogP) is 2.62. The van der Waals surface area contributed by atoms with E-state index in [1.807, 2.05) is 16.5 Å². The molecular formula is C21H29N5O3S2. The van der Waals surface area contributed by atoms with Gasteiger partial charge in [0, 0.05) is 38.8 Å². The summed E-state index contributed by atoms with van der Waals surface area (Å²) in [4.78, 5) is 14.8. The minimum atomic E-state index is -3.43. The Morgan fingerprint density at radius 1 is 1.10 bits per heavy atom. The number of carbonyl (C=O) groups excluding carboxylic acids is 1. The Labute approximate surface area is 188 Å². The number of nitrogens with zero attached hydrogens (tertiary/aromatic N) is 5. The van der Waals surface area contributed by atoms with Crippen molar-refractivity contribution in [2.24, 2.45) is 13.0 Å². The third-order valence-electron chi connectivity index (χ3n) is 5.98. The van der Waals surface area contributed by atoms with E-state index in [0.29, 0.717) is 40.6 Å². The number of hydrogen-bond acceptors (Lipinski definition) is 6. The van der Waals surface area contributed by atoms with Gasteiger partial charge in [-0.2, -0.15) is 4.31 Å². The SMILES string of the molecule is C[C@@H]1CCCN(C(=O)CSc2nnc(-c3ccc(S(=O)(=O)N4CCCC4)cc3)n2C)C1. The normalized spacial score (nSPS) is 20.3. The Morgan fingerprint density at radius 2 is 1.81 bits per heavy atom. The van der Waals surface area contributed by atoms with Gasteiger partial charge in [-0.05, 0) is 55.9 Å². The maximum Gasteiger partial charge on any atom is 0.243 e. The topological polar surface area (TPSA) is 88.4 Å². The zero-order valence-corrected chi connectivity index (χ0v) is 19.7. The van der Waals surface area contributed by atoms with Crippen LogP contribution in [0.5, 0.6) is 0 Å². The molecule has 2 aliphatic heterocycles. The number of thioether (sulfide) groups is 1. The van der Waals surface area contributed by atoms with Crippen LogP contribution in [-0.4, -0.2) is 70.2 Å². The molecule has 2 saturated heterocycles. The summed E-state index contributed by atoms with van der Waals surface area (Å²) in [7, 11) is -1.57. The van der Waals surface area contributed by atoms with Crippen LogP contribution in [0.25, 0.3) is 11.4 Å². The van der Waals surface area contributed by atoms with Gasteiger partial charge in [0.15, 0.2) is 11.0 Å². The van der Waals surface area contributed by atoms with Crippen LogP contribution in [0, 0.1) is 5.92 Å². The minimum absolute atomic E-state index is 0.137. The Hall–Kier alpha value is -1.91. The van der Waals surface area contributed by atoms with Crippen LogP contribution in [0.4, 0.5) is 0 Å². The summed E-state index contributed by atoms with van der Waals surface area (Å²) in [5, 5.41) is 9.17. The summed E-state index contributed by atoms with van der Waals surface area (Å²) in [5.41, 5.74) is 0.790. The van der Waals surface area contributed by atoms with E-state index < -0.39 is 10.0 Å². The predicted molar refractivity (Wildman–Crippen MR) is 120 cm³/mol. The summed E-state index contributed by atoms with van der Waals surface area (Å²) in [6.07, 6.45) is 4.07. The molecule has 1 atom stereocenters. The maximum atomic E-state index is 12.7. The summed E-state index contributed by atoms with van der Waals surface area (Å²) < 4.78 is 28.8. The van der Waals surface area contributed by atoms with Crippen LogP contribution < -0.4 is 0 Å². The van der Waals surface area contributed by atoms with Crippen LogP contribution in [0.2, 0.25) is 0 Å². The average molecular weight is 464 g/mol. The lowest BCUT2D eigenvalue weighted by Gasteiger charge is -2.30. The van der Waals surface area contributed by atoms with Gasteiger partial charge >= 0.3 is 0 Å². The van der Waals surface area contributed by atoms with Gasteiger partial charge in [0.25, 0.3) is 0 Å². The molecule has 3 heterocycles. The van der Waals surface area contributed by atoms with E-state index in [1.54, 1.807) is 28.6 Å². The Bertz CT molecular complexity index is 1030. The van der Waals surface area contributed by atoms with E-state index in [9.17, 15) is 13.2 Å². The summed E-state index contributed by atoms with van der Waals surface area (Å²) in [6.45, 7) is 5.02. The van der Waals surface area contributed by atoms with Gasteiger partial charge in [0.05, 0.1) is 10.6 Å². The van der Waals surface area contributed by atoms with Crippen LogP contribution in [-0.2, 0) is 21.9 Å². The van der Waals surface area contributed by atoms with E-state index >= 15 is 0 Å². The van der Waals surface area contributed by atoms with Crippen LogP contribution in [0.15, 0.2) is 34.3 Å². The number of carbonyl (C=O) groups is 1. The number of amides is 1. The lowest BCUT2D eigenvalue weighted by atomic mass is 10.0. The van der Waals surface area contributed by atoms with Crippen molar-refractivity contribution in [3.8, 4) is 11.4 Å². The molecule has 0 N–H and O–H groups in total. The monoisotopic (exact) mass is 463 g/mol. The molecule has 10 heteroatoms. The molecule has 0 aliphatic carbocycles. The van der Waals surface area contributed by atoms with Crippen LogP contribution in [0.1, 0.15) is 32.6 Å². The molecule has 4 rings (SSSR count). The zero-order chi connectivity index (χ0) is 22.0. The fourth-order valence-electron chi connectivity index (χ4n) is 4.18. The first-order valence-electron chi connectivity index (χ1n) is 10.8. The first-order chi connectivity index (χ1) is 14.9. The second-order valence-corrected chi connectivity index (χ2v) is 11.3. The van der Waals surface area contributed by atoms with Crippen molar-refractivity contribution >= 4 is 27.7 Å². The number of rotatable bonds is 6. The van der Waals surface area contributed by atoms with E-state index in [0.717, 1.165) is 37.9 Å². The van der Waals surface area contributed by atoms with Crippen molar-refractivity contribution < 1.29 is 13.2 Å². The van der Waals surface area contributed by atoms with Gasteiger partial charge in [-0.1, -0.05) is 18.7 Å². The molecular weight excluding hydrogens is 434 g/mol. The highest BCUT2D eigenvalue weighted by atomic mass is 32.2. The fourth-order valence-corrected chi connectivity index (χ4v) is 6.51. The Balaban J connectivity index is 1.42. The van der Waals surface area contributed by atoms with Crippen LogP contribution >= 0.6 is 11.8 Å². The van der Waals surface area contributed by atoms with Gasteiger partial charge in [-0.25, -0.2) is 8.42 Å². The molecule has 0 unspecified atom stereocenters. The number of aromatic nitrogens is 3. The third kappa shape index (κ3) is 4.80. The number of benzene rings is 1. The smallest absolute Gasteiger partial charge is 0.243 e. The van der Waals surface area contributed by atoms with Crippen molar-refractivity contribution in [1.29, 1.82) is 0 Å². The number of hydrogen-bond donors (Lipinski definition) is 0. The molecule has 1 aromatic carbocycles. The minimum Gasteiger partial charge on any atom is -0.342 e. The largest absolute Gasteiger partial charge is 0.342 e. The van der Waals surface area contributed by atoms with Gasteiger partial charge < -0.3 is 9.47 Å². The van der Waals surface area contributed by atoms with Gasteiger partial charge in [-0.15, -0.1) is 10.2 Å². The molecule has 8 nitrogen and oxygen atoms in total. The summed E-state index contributed by atoms with van der Waals surface area (Å²) in [6, 6.07) is 6.79. The van der Waals surface area contributed by atoms with Crippen LogP contribution in [0.3, 0.4) is 0 Å². The highest BCUT2D eigenvalue weighted by molar-refractivity contribution is 7.99. The zero-order valence-electron chi connectivity index (χ0n) is 18.0. The number of sulfonamides is 1. The standard InChI is InChI=1S/C21H29N5O3S2/c1-16-6-5-11-25(14-16)19(27)15-30-21-23-22-20(24(21)2)17-7-9-18(10-8-17)31(28,29)26-12-3-4-13-26/h7-10,16H,3-6,11-15H2,1-2H3/t16-/m1/s1. The first kappa shape index (κ1) is 22.3. The van der Waals surface area contributed by atoms with Crippen molar-refractivity contribution in [3.63, 3.8) is 0 Å². The second-order valence-electron chi connectivity index (χ2n) is 8.38. The molecule has 168 valence electrons. The fraction of sp³-hybridized carbons (Fsp3) is 0.571. The molecule has 2 fully saturated rings. The highest BCUT2D eigenvalue weighted by Gasteiger charge is 2.27. The molecule has 0 spiro atoms. The van der Waals surface area contributed by atoms with E-state index in [1.165, 1.54) is 18.2 Å². The first-order valence-corrected chi connectivity index (χ1v) is 13.2. The summed E-state index contributed by atoms with van der Waals surface area (Å²) >= 11 is 1.39. The van der Waals surface area contributed by atoms with Crippen molar-refractivity contribution in [1.82, 2.24) is 24.0 Å². The lowest BCUT2D eigenvalue weighted by Crippen LogP contribution is -2.40. The summed E-state index contributed by atoms with van der Waals surface area (Å²) in [5.74, 6) is 1.68. The number of piperidine rings is 1. The van der Waals surface area contributed by atoms with E-state index in [4.69, 9.17) is 0 Å². The molecule has 0 saturated carbocycles. The molecule has 1 amide bonds. The average Bonchev–Trinajstić information content (AvgIpc) is 3.43. The quantitative estimate of drug-likeness (QED) is 0.612. The van der Waals surface area contributed by atoms with E-state index in [-0.39, 0.29) is 5.91 Å². The lowest BCUT2D eigenvalue weighted by molar-refractivity contribution is -0.130. The Morgan fingerprint density at radius 3 is 2.48 bits per heavy atom. The van der Waals surface area contributed by atoms with Crippen molar-refractivity contribution in [2.75, 3.05) is 31.9 Å². The van der Waals surface area contributed by atoms with Gasteiger partial charge in [0.1, 0.15) is 0 Å². The molecule has 1 aromatic heterocycles. The molecule has 0 radical (unpaired) electrons. The third-order valence-corrected chi connectivity index (χ3v) is 8.90. The second kappa shape index (κ2) is 9.30. The van der Waals surface area contributed by atoms with Gasteiger partial charge in [0.2, 0.25) is 15.9 Å². The van der Waals surface area contributed by atoms with E-state index in [2.05, 4.69) is 17.1 Å². The molecule has 0 bridgehead atoms. The molecule has 2 aliphatic rings. The highest BCUT2D eigenvalue weighted by Crippen LogP contribution is 2.26. The van der Waals surface area contributed by atoms with Gasteiger partial charge in [-0.3, -0.25) is 4.79 Å². The molecule has 2 aromatic rings.